The molecule has 0 spiro atoms. The molecule has 0 N–H and O–H groups in total. The van der Waals surface area contributed by atoms with Gasteiger partial charge in [0.15, 0.2) is 6.61 Å². The summed E-state index contributed by atoms with van der Waals surface area (Å²) in [7, 11) is 0. The molecular formula is C20H22N2O6. The van der Waals surface area contributed by atoms with Crippen molar-refractivity contribution in [3.63, 3.8) is 0 Å². The highest BCUT2D eigenvalue weighted by Gasteiger charge is 2.26. The lowest BCUT2D eigenvalue weighted by molar-refractivity contribution is -0.384. The molecule has 0 bridgehead atoms. The van der Waals surface area contributed by atoms with E-state index in [0.29, 0.717) is 36.2 Å². The first-order valence-corrected chi connectivity index (χ1v) is 9.13. The third-order valence-corrected chi connectivity index (χ3v) is 4.72. The first kappa shape index (κ1) is 19.6. The lowest BCUT2D eigenvalue weighted by Gasteiger charge is -2.34. The standard InChI is InChI=1S/C20H22N2O6/c1-13-9-14(2)11-21(10-13)19(23)12-27-20(24)18-8-7-17(28-18)15-3-5-16(6-4-15)22(25)26/h3-8,13-14H,9-12H2,1-2H3/t13-,14-/m1/s1. The molecule has 0 aliphatic carbocycles. The van der Waals surface area contributed by atoms with E-state index in [1.165, 1.54) is 30.3 Å². The fourth-order valence-electron chi connectivity index (χ4n) is 3.51. The number of piperidine rings is 1. The number of ether oxygens (including phenoxy) is 1. The molecule has 2 atom stereocenters. The normalized spacial score (nSPS) is 19.3. The number of benzene rings is 1. The average molecular weight is 386 g/mol. The van der Waals surface area contributed by atoms with Gasteiger partial charge in [-0.15, -0.1) is 0 Å². The minimum Gasteiger partial charge on any atom is -0.450 e. The Labute approximate surface area is 162 Å². The van der Waals surface area contributed by atoms with E-state index in [1.807, 2.05) is 0 Å². The van der Waals surface area contributed by atoms with Gasteiger partial charge in [0.25, 0.3) is 11.6 Å². The molecule has 1 aliphatic heterocycles. The summed E-state index contributed by atoms with van der Waals surface area (Å²) in [6.45, 7) is 5.22. The van der Waals surface area contributed by atoms with Crippen LogP contribution in [0.25, 0.3) is 11.3 Å². The highest BCUT2D eigenvalue weighted by atomic mass is 16.6. The summed E-state index contributed by atoms with van der Waals surface area (Å²) in [6.07, 6.45) is 1.08. The predicted octanol–water partition coefficient (Wildman–Crippen LogP) is 3.52. The summed E-state index contributed by atoms with van der Waals surface area (Å²) >= 11 is 0. The van der Waals surface area contributed by atoms with Crippen molar-refractivity contribution < 1.29 is 23.7 Å². The van der Waals surface area contributed by atoms with Gasteiger partial charge in [0.1, 0.15) is 5.76 Å². The molecule has 1 aromatic heterocycles. The number of amides is 1. The molecule has 0 saturated carbocycles. The van der Waals surface area contributed by atoms with E-state index in [0.717, 1.165) is 6.42 Å². The van der Waals surface area contributed by atoms with Gasteiger partial charge in [-0.1, -0.05) is 13.8 Å². The van der Waals surface area contributed by atoms with E-state index < -0.39 is 10.9 Å². The number of rotatable bonds is 5. The van der Waals surface area contributed by atoms with E-state index in [1.54, 1.807) is 11.0 Å². The van der Waals surface area contributed by atoms with Crippen LogP contribution in [0.15, 0.2) is 40.8 Å². The molecule has 1 aromatic carbocycles. The second-order valence-electron chi connectivity index (χ2n) is 7.29. The molecule has 3 rings (SSSR count). The molecular weight excluding hydrogens is 364 g/mol. The van der Waals surface area contributed by atoms with Gasteiger partial charge in [-0.05, 0) is 42.5 Å². The van der Waals surface area contributed by atoms with E-state index in [9.17, 15) is 19.7 Å². The maximum absolute atomic E-state index is 12.3. The highest BCUT2D eigenvalue weighted by molar-refractivity contribution is 5.89. The monoisotopic (exact) mass is 386 g/mol. The van der Waals surface area contributed by atoms with Crippen molar-refractivity contribution in [3.8, 4) is 11.3 Å². The topological polar surface area (TPSA) is 103 Å². The molecule has 8 heteroatoms. The minimum absolute atomic E-state index is 0.0264. The zero-order valence-electron chi connectivity index (χ0n) is 15.8. The molecule has 28 heavy (non-hydrogen) atoms. The van der Waals surface area contributed by atoms with Gasteiger partial charge in [-0.2, -0.15) is 0 Å². The Morgan fingerprint density at radius 3 is 2.39 bits per heavy atom. The smallest absolute Gasteiger partial charge is 0.374 e. The number of furan rings is 1. The van der Waals surface area contributed by atoms with E-state index in [-0.39, 0.29) is 24.0 Å². The van der Waals surface area contributed by atoms with Crippen molar-refractivity contribution in [2.75, 3.05) is 19.7 Å². The van der Waals surface area contributed by atoms with Gasteiger partial charge < -0.3 is 14.1 Å². The average Bonchev–Trinajstić information content (AvgIpc) is 3.15. The molecule has 1 saturated heterocycles. The van der Waals surface area contributed by atoms with Gasteiger partial charge >= 0.3 is 5.97 Å². The zero-order valence-corrected chi connectivity index (χ0v) is 15.8. The van der Waals surface area contributed by atoms with Crippen LogP contribution in [-0.2, 0) is 9.53 Å². The fourth-order valence-corrected chi connectivity index (χ4v) is 3.51. The number of likely N-dealkylation sites (tertiary alicyclic amines) is 1. The largest absolute Gasteiger partial charge is 0.450 e. The molecule has 2 aromatic rings. The summed E-state index contributed by atoms with van der Waals surface area (Å²) in [6, 6.07) is 8.81. The molecule has 2 heterocycles. The van der Waals surface area contributed by atoms with Gasteiger partial charge in [0.05, 0.1) is 4.92 Å². The van der Waals surface area contributed by atoms with Crippen LogP contribution in [0.5, 0.6) is 0 Å². The number of hydrogen-bond acceptors (Lipinski definition) is 6. The third-order valence-electron chi connectivity index (χ3n) is 4.72. The molecule has 1 fully saturated rings. The third kappa shape index (κ3) is 4.57. The van der Waals surface area contributed by atoms with E-state index >= 15 is 0 Å². The molecule has 1 amide bonds. The van der Waals surface area contributed by atoms with E-state index in [2.05, 4.69) is 13.8 Å². The summed E-state index contributed by atoms with van der Waals surface area (Å²) in [5.74, 6) is 0.275. The number of nitro groups is 1. The first-order chi connectivity index (χ1) is 13.3. The highest BCUT2D eigenvalue weighted by Crippen LogP contribution is 2.25. The molecule has 148 valence electrons. The van der Waals surface area contributed by atoms with Crippen LogP contribution in [0.1, 0.15) is 30.8 Å². The van der Waals surface area contributed by atoms with Crippen molar-refractivity contribution in [3.05, 3.63) is 52.3 Å². The van der Waals surface area contributed by atoms with Crippen molar-refractivity contribution in [2.24, 2.45) is 11.8 Å². The fraction of sp³-hybridized carbons (Fsp3) is 0.400. The second-order valence-corrected chi connectivity index (χ2v) is 7.29. The summed E-state index contributed by atoms with van der Waals surface area (Å²) < 4.78 is 10.6. The van der Waals surface area contributed by atoms with Crippen molar-refractivity contribution in [1.29, 1.82) is 0 Å². The SMILES string of the molecule is C[C@@H]1C[C@@H](C)CN(C(=O)COC(=O)c2ccc(-c3ccc([N+](=O)[O-])cc3)o2)C1. The van der Waals surface area contributed by atoms with Gasteiger partial charge in [-0.25, -0.2) is 4.79 Å². The Morgan fingerprint density at radius 1 is 1.14 bits per heavy atom. The zero-order chi connectivity index (χ0) is 20.3. The quantitative estimate of drug-likeness (QED) is 0.442. The van der Waals surface area contributed by atoms with E-state index in [4.69, 9.17) is 9.15 Å². The van der Waals surface area contributed by atoms with Crippen LogP contribution in [0.3, 0.4) is 0 Å². The number of hydrogen-bond donors (Lipinski definition) is 0. The van der Waals surface area contributed by atoms with Crippen LogP contribution >= 0.6 is 0 Å². The number of nitrogens with zero attached hydrogens (tertiary/aromatic N) is 2. The molecule has 0 unspecified atom stereocenters. The lowest BCUT2D eigenvalue weighted by atomic mass is 9.92. The summed E-state index contributed by atoms with van der Waals surface area (Å²) in [5, 5.41) is 10.7. The second kappa shape index (κ2) is 8.24. The van der Waals surface area contributed by atoms with Crippen LogP contribution in [-0.4, -0.2) is 41.4 Å². The van der Waals surface area contributed by atoms with Gasteiger partial charge in [0.2, 0.25) is 5.76 Å². The van der Waals surface area contributed by atoms with Crippen molar-refractivity contribution >= 4 is 17.6 Å². The minimum atomic E-state index is -0.723. The Kier molecular flexibility index (Phi) is 5.77. The lowest BCUT2D eigenvalue weighted by Crippen LogP contribution is -2.44. The Bertz CT molecular complexity index is 863. The maximum atomic E-state index is 12.3. The number of esters is 1. The Morgan fingerprint density at radius 2 is 1.79 bits per heavy atom. The van der Waals surface area contributed by atoms with Gasteiger partial charge in [-0.3, -0.25) is 14.9 Å². The van der Waals surface area contributed by atoms with Crippen molar-refractivity contribution in [2.45, 2.75) is 20.3 Å². The van der Waals surface area contributed by atoms with Crippen LogP contribution in [0, 0.1) is 22.0 Å². The van der Waals surface area contributed by atoms with Gasteiger partial charge in [0, 0.05) is 30.8 Å². The number of carbonyl (C=O) groups is 2. The Balaban J connectivity index is 1.58. The Hall–Kier alpha value is -3.16. The van der Waals surface area contributed by atoms with Crippen molar-refractivity contribution in [1.82, 2.24) is 4.90 Å². The van der Waals surface area contributed by atoms with Crippen LogP contribution in [0.4, 0.5) is 5.69 Å². The summed E-state index contributed by atoms with van der Waals surface area (Å²) in [5.41, 5.74) is 0.562. The number of carbonyl (C=O) groups excluding carboxylic acids is 2. The number of nitro benzene ring substituents is 1. The molecule has 8 nitrogen and oxygen atoms in total. The summed E-state index contributed by atoms with van der Waals surface area (Å²) in [4.78, 5) is 36.4. The van der Waals surface area contributed by atoms with Crippen LogP contribution in [0.2, 0.25) is 0 Å². The van der Waals surface area contributed by atoms with Crippen LogP contribution < -0.4 is 0 Å². The molecule has 0 radical (unpaired) electrons. The maximum Gasteiger partial charge on any atom is 0.374 e. The number of non-ortho nitro benzene ring substituents is 1. The first-order valence-electron chi connectivity index (χ1n) is 9.13. The predicted molar refractivity (Wildman–Crippen MR) is 101 cm³/mol. The molecule has 1 aliphatic rings.